The molecule has 1 N–H and O–H groups in total. The summed E-state index contributed by atoms with van der Waals surface area (Å²) >= 11 is 3.51. The maximum Gasteiger partial charge on any atom is 0.241 e. The van der Waals surface area contributed by atoms with E-state index in [0.29, 0.717) is 32.8 Å². The summed E-state index contributed by atoms with van der Waals surface area (Å²) < 4.78 is 12.3. The molecule has 2 aliphatic heterocycles. The molecule has 0 bridgehead atoms. The lowest BCUT2D eigenvalue weighted by Crippen LogP contribution is -2.48. The predicted molar refractivity (Wildman–Crippen MR) is 87.8 cm³/mol. The Morgan fingerprint density at radius 1 is 1.32 bits per heavy atom. The largest absolute Gasteiger partial charge is 0.375 e. The van der Waals surface area contributed by atoms with Crippen molar-refractivity contribution in [3.8, 4) is 0 Å². The lowest BCUT2D eigenvalue weighted by molar-refractivity contribution is -0.187. The number of carbonyl (C=O) groups is 1. The van der Waals surface area contributed by atoms with Gasteiger partial charge in [0.1, 0.15) is 0 Å². The van der Waals surface area contributed by atoms with E-state index in [2.05, 4.69) is 21.2 Å². The molecule has 1 aromatic rings. The van der Waals surface area contributed by atoms with Crippen LogP contribution in [0, 0.1) is 6.92 Å². The SMILES string of the molecule is Cc1ccc(NCC(=O)N2CCC3(CC2)OCCO3)c(Br)c1. The fourth-order valence-electron chi connectivity index (χ4n) is 2.93. The molecule has 22 heavy (non-hydrogen) atoms. The molecule has 5 nitrogen and oxygen atoms in total. The number of nitrogens with zero attached hydrogens (tertiary/aromatic N) is 1. The number of anilines is 1. The Kier molecular flexibility index (Phi) is 4.70. The van der Waals surface area contributed by atoms with E-state index in [0.717, 1.165) is 23.0 Å². The Morgan fingerprint density at radius 2 is 2.00 bits per heavy atom. The minimum atomic E-state index is -0.426. The molecule has 1 spiro atoms. The lowest BCUT2D eigenvalue weighted by Gasteiger charge is -2.37. The summed E-state index contributed by atoms with van der Waals surface area (Å²) in [6.07, 6.45) is 1.51. The number of halogens is 1. The molecule has 0 aliphatic carbocycles. The van der Waals surface area contributed by atoms with Crippen LogP contribution in [-0.4, -0.2) is 49.4 Å². The van der Waals surface area contributed by atoms with E-state index in [9.17, 15) is 4.79 Å². The number of hydrogen-bond acceptors (Lipinski definition) is 4. The van der Waals surface area contributed by atoms with Gasteiger partial charge >= 0.3 is 0 Å². The first kappa shape index (κ1) is 15.8. The summed E-state index contributed by atoms with van der Waals surface area (Å²) in [6.45, 7) is 5.05. The monoisotopic (exact) mass is 368 g/mol. The number of ether oxygens (including phenoxy) is 2. The molecular formula is C16H21BrN2O3. The van der Waals surface area contributed by atoms with E-state index in [1.165, 1.54) is 5.56 Å². The quantitative estimate of drug-likeness (QED) is 0.890. The van der Waals surface area contributed by atoms with Gasteiger partial charge in [-0.25, -0.2) is 0 Å². The number of likely N-dealkylation sites (tertiary alicyclic amines) is 1. The zero-order chi connectivity index (χ0) is 15.6. The van der Waals surface area contributed by atoms with Crippen LogP contribution < -0.4 is 5.32 Å². The highest BCUT2D eigenvalue weighted by molar-refractivity contribution is 9.10. The van der Waals surface area contributed by atoms with Crippen LogP contribution in [0.25, 0.3) is 0 Å². The number of piperidine rings is 1. The number of rotatable bonds is 3. The van der Waals surface area contributed by atoms with Gasteiger partial charge in [0, 0.05) is 36.1 Å². The number of amides is 1. The van der Waals surface area contributed by atoms with Gasteiger partial charge in [0.05, 0.1) is 19.8 Å². The van der Waals surface area contributed by atoms with Gasteiger partial charge in [-0.05, 0) is 40.5 Å². The summed E-state index contributed by atoms with van der Waals surface area (Å²) in [4.78, 5) is 14.2. The highest BCUT2D eigenvalue weighted by Gasteiger charge is 2.40. The summed E-state index contributed by atoms with van der Waals surface area (Å²) in [5, 5.41) is 3.20. The fraction of sp³-hybridized carbons (Fsp3) is 0.562. The molecule has 2 fully saturated rings. The Hall–Kier alpha value is -1.11. The van der Waals surface area contributed by atoms with E-state index < -0.39 is 5.79 Å². The first-order valence-corrected chi connectivity index (χ1v) is 8.43. The molecule has 120 valence electrons. The van der Waals surface area contributed by atoms with Crippen molar-refractivity contribution in [3.05, 3.63) is 28.2 Å². The Morgan fingerprint density at radius 3 is 2.64 bits per heavy atom. The summed E-state index contributed by atoms with van der Waals surface area (Å²) in [5.74, 6) is -0.315. The molecule has 1 aromatic carbocycles. The smallest absolute Gasteiger partial charge is 0.241 e. The Bertz CT molecular complexity index is 548. The summed E-state index contributed by atoms with van der Waals surface area (Å²) in [5.41, 5.74) is 2.12. The molecule has 0 radical (unpaired) electrons. The van der Waals surface area contributed by atoms with Gasteiger partial charge in [-0.1, -0.05) is 6.07 Å². The van der Waals surface area contributed by atoms with Crippen LogP contribution in [0.2, 0.25) is 0 Å². The van der Waals surface area contributed by atoms with Gasteiger partial charge in [0.15, 0.2) is 5.79 Å². The number of hydrogen-bond donors (Lipinski definition) is 1. The van der Waals surface area contributed by atoms with Crippen molar-refractivity contribution in [2.45, 2.75) is 25.6 Å². The van der Waals surface area contributed by atoms with Gasteiger partial charge in [0.2, 0.25) is 5.91 Å². The van der Waals surface area contributed by atoms with Crippen molar-refractivity contribution < 1.29 is 14.3 Å². The summed E-state index contributed by atoms with van der Waals surface area (Å²) in [7, 11) is 0. The van der Waals surface area contributed by atoms with Crippen LogP contribution in [0.5, 0.6) is 0 Å². The van der Waals surface area contributed by atoms with E-state index in [-0.39, 0.29) is 5.91 Å². The van der Waals surface area contributed by atoms with Crippen molar-refractivity contribution in [3.63, 3.8) is 0 Å². The summed E-state index contributed by atoms with van der Waals surface area (Å²) in [6, 6.07) is 6.04. The number of aryl methyl sites for hydroxylation is 1. The van der Waals surface area contributed by atoms with E-state index in [1.54, 1.807) is 0 Å². The van der Waals surface area contributed by atoms with Crippen molar-refractivity contribution in [1.29, 1.82) is 0 Å². The maximum atomic E-state index is 12.3. The average Bonchev–Trinajstić information content (AvgIpc) is 2.95. The van der Waals surface area contributed by atoms with Crippen molar-refractivity contribution in [2.75, 3.05) is 38.2 Å². The molecule has 1 amide bonds. The second-order valence-corrected chi connectivity index (χ2v) is 6.68. The van der Waals surface area contributed by atoms with Crippen LogP contribution in [0.15, 0.2) is 22.7 Å². The molecule has 0 saturated carbocycles. The first-order valence-electron chi connectivity index (χ1n) is 7.64. The van der Waals surface area contributed by atoms with Crippen LogP contribution in [-0.2, 0) is 14.3 Å². The molecule has 2 aliphatic rings. The topological polar surface area (TPSA) is 50.8 Å². The molecule has 0 aromatic heterocycles. The third-order valence-electron chi connectivity index (χ3n) is 4.25. The average molecular weight is 369 g/mol. The Labute approximate surface area is 139 Å². The molecular weight excluding hydrogens is 348 g/mol. The van der Waals surface area contributed by atoms with Crippen molar-refractivity contribution >= 4 is 27.5 Å². The molecule has 2 saturated heterocycles. The lowest BCUT2D eigenvalue weighted by atomic mass is 10.0. The van der Waals surface area contributed by atoms with Gasteiger partial charge in [-0.2, -0.15) is 0 Å². The molecule has 0 atom stereocenters. The van der Waals surface area contributed by atoms with Crippen LogP contribution >= 0.6 is 15.9 Å². The van der Waals surface area contributed by atoms with Gasteiger partial charge in [-0.3, -0.25) is 4.79 Å². The second-order valence-electron chi connectivity index (χ2n) is 5.83. The molecule has 3 rings (SSSR count). The van der Waals surface area contributed by atoms with Gasteiger partial charge in [-0.15, -0.1) is 0 Å². The van der Waals surface area contributed by atoms with Crippen LogP contribution in [0.1, 0.15) is 18.4 Å². The highest BCUT2D eigenvalue weighted by Crippen LogP contribution is 2.31. The van der Waals surface area contributed by atoms with Gasteiger partial charge in [0.25, 0.3) is 0 Å². The van der Waals surface area contributed by atoms with E-state index >= 15 is 0 Å². The molecule has 0 unspecified atom stereocenters. The minimum absolute atomic E-state index is 0.111. The standard InChI is InChI=1S/C16H21BrN2O3/c1-12-2-3-14(13(17)10-12)18-11-15(20)19-6-4-16(5-7-19)21-8-9-22-16/h2-3,10,18H,4-9,11H2,1H3. The van der Waals surface area contributed by atoms with E-state index in [1.807, 2.05) is 30.0 Å². The fourth-order valence-corrected chi connectivity index (χ4v) is 3.56. The zero-order valence-electron chi connectivity index (χ0n) is 12.7. The number of carbonyl (C=O) groups excluding carboxylic acids is 1. The first-order chi connectivity index (χ1) is 10.6. The van der Waals surface area contributed by atoms with Crippen molar-refractivity contribution in [2.24, 2.45) is 0 Å². The second kappa shape index (κ2) is 6.56. The third kappa shape index (κ3) is 3.45. The Balaban J connectivity index is 1.50. The zero-order valence-corrected chi connectivity index (χ0v) is 14.3. The van der Waals surface area contributed by atoms with Crippen molar-refractivity contribution in [1.82, 2.24) is 4.90 Å². The van der Waals surface area contributed by atoms with Gasteiger partial charge < -0.3 is 19.7 Å². The normalized spacial score (nSPS) is 20.4. The number of benzene rings is 1. The highest BCUT2D eigenvalue weighted by atomic mass is 79.9. The predicted octanol–water partition coefficient (Wildman–Crippen LogP) is 2.53. The van der Waals surface area contributed by atoms with Crippen LogP contribution in [0.3, 0.4) is 0 Å². The molecule has 6 heteroatoms. The minimum Gasteiger partial charge on any atom is -0.375 e. The number of nitrogens with one attached hydrogen (secondary N) is 1. The third-order valence-corrected chi connectivity index (χ3v) is 4.90. The molecule has 2 heterocycles. The maximum absolute atomic E-state index is 12.3. The van der Waals surface area contributed by atoms with E-state index in [4.69, 9.17) is 9.47 Å². The van der Waals surface area contributed by atoms with Crippen LogP contribution in [0.4, 0.5) is 5.69 Å².